The maximum absolute atomic E-state index is 13.6. The molecule has 0 radical (unpaired) electrons. The van der Waals surface area contributed by atoms with Crippen molar-refractivity contribution >= 4 is 11.7 Å². The number of anilines is 1. The lowest BCUT2D eigenvalue weighted by Gasteiger charge is -2.14. The number of aromatic nitrogens is 2. The molecule has 1 aromatic heterocycles. The predicted molar refractivity (Wildman–Crippen MR) is 78.5 cm³/mol. The van der Waals surface area contributed by atoms with Crippen LogP contribution in [0.1, 0.15) is 35.9 Å². The number of hydrogen-bond acceptors (Lipinski definition) is 4. The first kappa shape index (κ1) is 14.9. The number of rotatable bonds is 5. The maximum atomic E-state index is 13.6. The molecule has 0 saturated heterocycles. The maximum Gasteiger partial charge on any atom is 0.271 e. The van der Waals surface area contributed by atoms with Crippen molar-refractivity contribution in [3.05, 3.63) is 53.7 Å². The minimum absolute atomic E-state index is 0.194. The summed E-state index contributed by atoms with van der Waals surface area (Å²) in [6.45, 7) is 4.39. The highest BCUT2D eigenvalue weighted by molar-refractivity contribution is 5.92. The van der Waals surface area contributed by atoms with Gasteiger partial charge in [-0.15, -0.1) is 0 Å². The quantitative estimate of drug-likeness (QED) is 0.887. The molecule has 2 aromatic rings. The Hall–Kier alpha value is -2.50. The first-order valence-corrected chi connectivity index (χ1v) is 6.73. The van der Waals surface area contributed by atoms with E-state index in [9.17, 15) is 9.18 Å². The first-order valence-electron chi connectivity index (χ1n) is 6.73. The third-order valence-corrected chi connectivity index (χ3v) is 2.96. The second kappa shape index (κ2) is 6.78. The van der Waals surface area contributed by atoms with Crippen LogP contribution in [0.5, 0.6) is 0 Å². The summed E-state index contributed by atoms with van der Waals surface area (Å²) < 4.78 is 13.6. The Morgan fingerprint density at radius 3 is 2.67 bits per heavy atom. The Kier molecular flexibility index (Phi) is 4.81. The van der Waals surface area contributed by atoms with Crippen molar-refractivity contribution in [1.29, 1.82) is 0 Å². The fraction of sp³-hybridized carbons (Fsp3) is 0.267. The van der Waals surface area contributed by atoms with Gasteiger partial charge in [-0.25, -0.2) is 14.4 Å². The third-order valence-electron chi connectivity index (χ3n) is 2.96. The molecule has 0 aliphatic carbocycles. The van der Waals surface area contributed by atoms with Crippen molar-refractivity contribution < 1.29 is 9.18 Å². The van der Waals surface area contributed by atoms with Crippen LogP contribution < -0.4 is 10.6 Å². The minimum Gasteiger partial charge on any atom is -0.369 e. The summed E-state index contributed by atoms with van der Waals surface area (Å²) in [5.74, 6) is -0.128. The van der Waals surface area contributed by atoms with E-state index in [0.29, 0.717) is 11.4 Å². The van der Waals surface area contributed by atoms with Crippen LogP contribution in [0.3, 0.4) is 0 Å². The Balaban J connectivity index is 2.05. The van der Waals surface area contributed by atoms with E-state index in [4.69, 9.17) is 0 Å². The summed E-state index contributed by atoms with van der Waals surface area (Å²) in [7, 11) is 0. The van der Waals surface area contributed by atoms with E-state index in [-0.39, 0.29) is 17.4 Å². The van der Waals surface area contributed by atoms with Gasteiger partial charge in [0.1, 0.15) is 17.3 Å². The second-order valence-corrected chi connectivity index (χ2v) is 4.53. The van der Waals surface area contributed by atoms with Crippen molar-refractivity contribution in [3.63, 3.8) is 0 Å². The molecule has 1 heterocycles. The van der Waals surface area contributed by atoms with E-state index >= 15 is 0 Å². The SMILES string of the molecule is CCNc1cnc(C(=O)NC(C)c2ccccc2F)cn1. The van der Waals surface area contributed by atoms with E-state index in [1.165, 1.54) is 18.5 Å². The van der Waals surface area contributed by atoms with E-state index < -0.39 is 6.04 Å². The van der Waals surface area contributed by atoms with Gasteiger partial charge in [0.2, 0.25) is 0 Å². The fourth-order valence-electron chi connectivity index (χ4n) is 1.89. The van der Waals surface area contributed by atoms with Gasteiger partial charge in [0, 0.05) is 12.1 Å². The lowest BCUT2D eigenvalue weighted by atomic mass is 10.1. The van der Waals surface area contributed by atoms with E-state index in [1.54, 1.807) is 25.1 Å². The van der Waals surface area contributed by atoms with Crippen molar-refractivity contribution in [2.75, 3.05) is 11.9 Å². The third kappa shape index (κ3) is 3.75. The fourth-order valence-corrected chi connectivity index (χ4v) is 1.89. The van der Waals surface area contributed by atoms with E-state index in [0.717, 1.165) is 6.54 Å². The number of carbonyl (C=O) groups is 1. The van der Waals surface area contributed by atoms with Crippen LogP contribution in [-0.4, -0.2) is 22.4 Å². The van der Waals surface area contributed by atoms with Gasteiger partial charge >= 0.3 is 0 Å². The first-order chi connectivity index (χ1) is 10.1. The smallest absolute Gasteiger partial charge is 0.271 e. The number of hydrogen-bond donors (Lipinski definition) is 2. The summed E-state index contributed by atoms with van der Waals surface area (Å²) in [6, 6.07) is 5.89. The second-order valence-electron chi connectivity index (χ2n) is 4.53. The molecule has 0 spiro atoms. The van der Waals surface area contributed by atoms with Gasteiger partial charge in [-0.2, -0.15) is 0 Å². The van der Waals surface area contributed by atoms with Gasteiger partial charge in [-0.1, -0.05) is 18.2 Å². The number of amides is 1. The highest BCUT2D eigenvalue weighted by Gasteiger charge is 2.15. The minimum atomic E-state index is -0.450. The Bertz CT molecular complexity index is 615. The molecular formula is C15H17FN4O. The molecule has 1 atom stereocenters. The molecule has 5 nitrogen and oxygen atoms in total. The Morgan fingerprint density at radius 2 is 2.05 bits per heavy atom. The van der Waals surface area contributed by atoms with Crippen LogP contribution in [-0.2, 0) is 0 Å². The average Bonchev–Trinajstić information content (AvgIpc) is 2.48. The topological polar surface area (TPSA) is 66.9 Å². The van der Waals surface area contributed by atoms with Crippen LogP contribution in [0.15, 0.2) is 36.7 Å². The van der Waals surface area contributed by atoms with Gasteiger partial charge < -0.3 is 10.6 Å². The zero-order valence-corrected chi connectivity index (χ0v) is 11.9. The molecule has 1 unspecified atom stereocenters. The largest absolute Gasteiger partial charge is 0.369 e. The molecule has 0 aliphatic rings. The normalized spacial score (nSPS) is 11.8. The molecule has 0 bridgehead atoms. The van der Waals surface area contributed by atoms with Crippen molar-refractivity contribution in [2.24, 2.45) is 0 Å². The predicted octanol–water partition coefficient (Wildman–Crippen LogP) is 2.54. The molecular weight excluding hydrogens is 271 g/mol. The molecule has 1 amide bonds. The number of halogens is 1. The van der Waals surface area contributed by atoms with Crippen molar-refractivity contribution in [3.8, 4) is 0 Å². The zero-order chi connectivity index (χ0) is 15.2. The zero-order valence-electron chi connectivity index (χ0n) is 11.9. The standard InChI is InChI=1S/C15H17FN4O/c1-3-17-14-9-18-13(8-19-14)15(21)20-10(2)11-6-4-5-7-12(11)16/h4-10H,3H2,1-2H3,(H,17,19)(H,20,21). The number of nitrogens with zero attached hydrogens (tertiary/aromatic N) is 2. The van der Waals surface area contributed by atoms with Crippen LogP contribution in [0.2, 0.25) is 0 Å². The van der Waals surface area contributed by atoms with E-state index in [1.807, 2.05) is 6.92 Å². The van der Waals surface area contributed by atoms with Gasteiger partial charge in [0.15, 0.2) is 0 Å². The summed E-state index contributed by atoms with van der Waals surface area (Å²) in [5.41, 5.74) is 0.628. The molecule has 6 heteroatoms. The van der Waals surface area contributed by atoms with Crippen LogP contribution >= 0.6 is 0 Å². The van der Waals surface area contributed by atoms with Crippen LogP contribution in [0.25, 0.3) is 0 Å². The lowest BCUT2D eigenvalue weighted by Crippen LogP contribution is -2.28. The molecule has 2 N–H and O–H groups in total. The molecule has 21 heavy (non-hydrogen) atoms. The monoisotopic (exact) mass is 288 g/mol. The van der Waals surface area contributed by atoms with Gasteiger partial charge in [0.25, 0.3) is 5.91 Å². The molecule has 0 saturated carbocycles. The number of carbonyl (C=O) groups excluding carboxylic acids is 1. The summed E-state index contributed by atoms with van der Waals surface area (Å²) in [5, 5.41) is 5.70. The highest BCUT2D eigenvalue weighted by Crippen LogP contribution is 2.16. The summed E-state index contributed by atoms with van der Waals surface area (Å²) in [4.78, 5) is 20.2. The molecule has 0 fully saturated rings. The van der Waals surface area contributed by atoms with Gasteiger partial charge in [-0.05, 0) is 19.9 Å². The number of benzene rings is 1. The van der Waals surface area contributed by atoms with Crippen LogP contribution in [0.4, 0.5) is 10.2 Å². The van der Waals surface area contributed by atoms with E-state index in [2.05, 4.69) is 20.6 Å². The lowest BCUT2D eigenvalue weighted by molar-refractivity contribution is 0.0934. The summed E-state index contributed by atoms with van der Waals surface area (Å²) in [6.07, 6.45) is 2.88. The Labute approximate surface area is 122 Å². The average molecular weight is 288 g/mol. The van der Waals surface area contributed by atoms with Crippen molar-refractivity contribution in [2.45, 2.75) is 19.9 Å². The van der Waals surface area contributed by atoms with Gasteiger partial charge in [0.05, 0.1) is 18.4 Å². The molecule has 110 valence electrons. The van der Waals surface area contributed by atoms with Crippen LogP contribution in [0, 0.1) is 5.82 Å². The van der Waals surface area contributed by atoms with Crippen molar-refractivity contribution in [1.82, 2.24) is 15.3 Å². The number of nitrogens with one attached hydrogen (secondary N) is 2. The van der Waals surface area contributed by atoms with Gasteiger partial charge in [-0.3, -0.25) is 4.79 Å². The molecule has 2 rings (SSSR count). The molecule has 1 aromatic carbocycles. The molecule has 0 aliphatic heterocycles. The summed E-state index contributed by atoms with van der Waals surface area (Å²) >= 11 is 0. The highest BCUT2D eigenvalue weighted by atomic mass is 19.1. The Morgan fingerprint density at radius 1 is 1.29 bits per heavy atom.